The zero-order valence-electron chi connectivity index (χ0n) is 26.6. The molecule has 0 fully saturated rings. The van der Waals surface area contributed by atoms with E-state index in [-0.39, 0.29) is 5.29 Å². The lowest BCUT2D eigenvalue weighted by Gasteiger charge is -2.38. The first kappa shape index (κ1) is 32.2. The van der Waals surface area contributed by atoms with Gasteiger partial charge in [-0.2, -0.15) is 0 Å². The molecule has 6 aromatic rings. The quantitative estimate of drug-likeness (QED) is 0.134. The third kappa shape index (κ3) is 5.83. The van der Waals surface area contributed by atoms with E-state index >= 15 is 0 Å². The van der Waals surface area contributed by atoms with Crippen molar-refractivity contribution in [2.75, 3.05) is 19.1 Å². The zero-order valence-corrected chi connectivity index (χ0v) is 27.5. The van der Waals surface area contributed by atoms with Crippen molar-refractivity contribution in [2.45, 2.75) is 6.04 Å². The monoisotopic (exact) mass is 651 g/mol. The fourth-order valence-corrected chi connectivity index (χ4v) is 10.9. The molecule has 1 amide bonds. The Morgan fingerprint density at radius 3 is 1.50 bits per heavy atom. The van der Waals surface area contributed by atoms with Gasteiger partial charge in [-0.3, -0.25) is 9.69 Å². The van der Waals surface area contributed by atoms with Crippen molar-refractivity contribution < 1.29 is 23.9 Å². The van der Waals surface area contributed by atoms with Crippen LogP contribution in [0.1, 0.15) is 10.4 Å². The molecule has 6 aromatic carbocycles. The highest BCUT2D eigenvalue weighted by Gasteiger charge is 2.46. The molecule has 0 spiro atoms. The molecule has 0 saturated carbocycles. The molecule has 0 bridgehead atoms. The molecule has 0 aliphatic carbocycles. The van der Waals surface area contributed by atoms with Crippen LogP contribution in [0.2, 0.25) is 0 Å². The molecule has 0 heterocycles. The number of carbonyl (C=O) groups excluding carboxylic acids is 3. The van der Waals surface area contributed by atoms with Crippen molar-refractivity contribution in [3.63, 3.8) is 0 Å². The molecule has 48 heavy (non-hydrogen) atoms. The van der Waals surface area contributed by atoms with E-state index in [1.165, 1.54) is 19.1 Å². The lowest BCUT2D eigenvalue weighted by molar-refractivity contribution is -0.141. The SMILES string of the molecule is COC(=O)C(C(C(=O)OC)N(C(=O)c1ccccc1)c1cccc2ccccc12)=P(c1ccccc1)(c1ccccc1)c1ccccc1. The molecule has 238 valence electrons. The summed E-state index contributed by atoms with van der Waals surface area (Å²) < 4.78 is 11.2. The van der Waals surface area contributed by atoms with Gasteiger partial charge in [-0.1, -0.05) is 146 Å². The number of carbonyl (C=O) groups is 3. The summed E-state index contributed by atoms with van der Waals surface area (Å²) in [5.41, 5.74) is 0.790. The van der Waals surface area contributed by atoms with Gasteiger partial charge in [0, 0.05) is 10.9 Å². The van der Waals surface area contributed by atoms with E-state index in [9.17, 15) is 14.4 Å². The van der Waals surface area contributed by atoms with Crippen LogP contribution < -0.4 is 20.8 Å². The predicted octanol–water partition coefficient (Wildman–Crippen LogP) is 6.37. The number of fused-ring (bicyclic) bond motifs is 1. The number of benzene rings is 6. The Hall–Kier alpha value is -5.71. The van der Waals surface area contributed by atoms with Crippen LogP contribution in [-0.4, -0.2) is 43.4 Å². The normalized spacial score (nSPS) is 11.7. The number of esters is 2. The Morgan fingerprint density at radius 1 is 0.542 bits per heavy atom. The van der Waals surface area contributed by atoms with E-state index in [2.05, 4.69) is 0 Å². The van der Waals surface area contributed by atoms with Gasteiger partial charge in [0.2, 0.25) is 0 Å². The van der Waals surface area contributed by atoms with Gasteiger partial charge >= 0.3 is 11.9 Å². The molecular weight excluding hydrogens is 617 g/mol. The van der Waals surface area contributed by atoms with Crippen LogP contribution in [0.15, 0.2) is 164 Å². The Labute approximate surface area is 280 Å². The molecule has 0 saturated heterocycles. The summed E-state index contributed by atoms with van der Waals surface area (Å²) in [6, 6.07) is 49.4. The molecule has 1 atom stereocenters. The number of ether oxygens (including phenoxy) is 2. The number of hydrogen-bond acceptors (Lipinski definition) is 5. The van der Waals surface area contributed by atoms with Gasteiger partial charge in [0.05, 0.1) is 25.2 Å². The molecule has 6 rings (SSSR count). The number of anilines is 1. The molecule has 1 unspecified atom stereocenters. The topological polar surface area (TPSA) is 72.9 Å². The van der Waals surface area contributed by atoms with Gasteiger partial charge in [-0.05, 0) is 46.4 Å². The lowest BCUT2D eigenvalue weighted by Crippen LogP contribution is -2.55. The first-order valence-corrected chi connectivity index (χ1v) is 17.3. The largest absolute Gasteiger partial charge is 0.467 e. The number of hydrogen-bond donors (Lipinski definition) is 0. The lowest BCUT2D eigenvalue weighted by atomic mass is 10.0. The maximum atomic E-state index is 15.0. The number of nitrogens with zero attached hydrogens (tertiary/aromatic N) is 1. The average Bonchev–Trinajstić information content (AvgIpc) is 3.16. The average molecular weight is 652 g/mol. The Kier molecular flexibility index (Phi) is 9.65. The maximum absolute atomic E-state index is 15.0. The summed E-state index contributed by atoms with van der Waals surface area (Å²) in [6.07, 6.45) is 0. The summed E-state index contributed by atoms with van der Waals surface area (Å²) in [6.45, 7) is -3.28. The number of amides is 1. The second-order valence-corrected chi connectivity index (χ2v) is 14.4. The van der Waals surface area contributed by atoms with Crippen LogP contribution in [0.5, 0.6) is 0 Å². The smallest absolute Gasteiger partial charge is 0.337 e. The fraction of sp³-hybridized carbons (Fsp3) is 0.0732. The Bertz CT molecular complexity index is 2010. The molecule has 0 aliphatic heterocycles. The van der Waals surface area contributed by atoms with Gasteiger partial charge in [0.1, 0.15) is 0 Å². The minimum absolute atomic E-state index is 0.109. The van der Waals surface area contributed by atoms with E-state index in [1.54, 1.807) is 30.3 Å². The van der Waals surface area contributed by atoms with Gasteiger partial charge < -0.3 is 9.47 Å². The van der Waals surface area contributed by atoms with Crippen molar-refractivity contribution in [3.05, 3.63) is 169 Å². The second-order valence-electron chi connectivity index (χ2n) is 11.0. The zero-order chi connectivity index (χ0) is 33.5. The van der Waals surface area contributed by atoms with Crippen LogP contribution >= 0.6 is 6.89 Å². The molecule has 0 radical (unpaired) electrons. The highest BCUT2D eigenvalue weighted by atomic mass is 31.2. The van der Waals surface area contributed by atoms with Crippen LogP contribution in [0.4, 0.5) is 5.69 Å². The molecular formula is C41H34NO5P. The third-order valence-corrected chi connectivity index (χ3v) is 12.8. The second kappa shape index (κ2) is 14.4. The molecule has 7 heteroatoms. The van der Waals surface area contributed by atoms with Gasteiger partial charge in [-0.15, -0.1) is 0 Å². The highest BCUT2D eigenvalue weighted by Crippen LogP contribution is 2.48. The van der Waals surface area contributed by atoms with Crippen LogP contribution in [-0.2, 0) is 19.1 Å². The van der Waals surface area contributed by atoms with Crippen molar-refractivity contribution in [3.8, 4) is 0 Å². The first-order chi connectivity index (χ1) is 23.5. The van der Waals surface area contributed by atoms with E-state index in [1.807, 2.05) is 133 Å². The minimum atomic E-state index is -3.28. The van der Waals surface area contributed by atoms with Gasteiger partial charge in [0.25, 0.3) is 5.91 Å². The summed E-state index contributed by atoms with van der Waals surface area (Å²) in [4.78, 5) is 45.7. The van der Waals surface area contributed by atoms with Gasteiger partial charge in [-0.25, -0.2) is 9.59 Å². The van der Waals surface area contributed by atoms with E-state index in [0.717, 1.165) is 26.7 Å². The summed E-state index contributed by atoms with van der Waals surface area (Å²) in [5, 5.41) is 4.12. The third-order valence-electron chi connectivity index (χ3n) is 8.39. The van der Waals surface area contributed by atoms with Crippen LogP contribution in [0, 0.1) is 0 Å². The molecule has 0 aromatic heterocycles. The van der Waals surface area contributed by atoms with Crippen LogP contribution in [0.3, 0.4) is 0 Å². The first-order valence-electron chi connectivity index (χ1n) is 15.5. The summed E-state index contributed by atoms with van der Waals surface area (Å²) in [5.74, 6) is -1.97. The predicted molar refractivity (Wildman–Crippen MR) is 195 cm³/mol. The van der Waals surface area contributed by atoms with E-state index in [0.29, 0.717) is 11.3 Å². The van der Waals surface area contributed by atoms with Crippen molar-refractivity contribution in [2.24, 2.45) is 0 Å². The Balaban J connectivity index is 1.87. The van der Waals surface area contributed by atoms with E-state index < -0.39 is 30.8 Å². The number of methoxy groups -OCH3 is 2. The fourth-order valence-electron chi connectivity index (χ4n) is 6.31. The van der Waals surface area contributed by atoms with Gasteiger partial charge in [0.15, 0.2) is 6.04 Å². The Morgan fingerprint density at radius 2 is 1.00 bits per heavy atom. The van der Waals surface area contributed by atoms with Crippen molar-refractivity contribution in [1.82, 2.24) is 0 Å². The van der Waals surface area contributed by atoms with E-state index in [4.69, 9.17) is 9.47 Å². The molecule has 6 nitrogen and oxygen atoms in total. The standard InChI is InChI=1S/C41H34NO5P/c1-46-40(44)37(42(39(43)31-19-7-3-8-20-31)36-29-17-21-30-18-15-16-28-35(30)36)38(41(45)47-2)48(32-22-9-4-10-23-32,33-24-11-5-12-25-33)34-26-13-6-14-27-34/h3-29,37H,1-2H3. The highest BCUT2D eigenvalue weighted by molar-refractivity contribution is 7.96. The van der Waals surface area contributed by atoms with Crippen LogP contribution in [0.25, 0.3) is 10.8 Å². The van der Waals surface area contributed by atoms with Crippen molar-refractivity contribution in [1.29, 1.82) is 0 Å². The molecule has 0 N–H and O–H groups in total. The minimum Gasteiger partial charge on any atom is -0.467 e. The number of rotatable bonds is 9. The molecule has 0 aliphatic rings. The summed E-state index contributed by atoms with van der Waals surface area (Å²) in [7, 11) is 2.57. The summed E-state index contributed by atoms with van der Waals surface area (Å²) >= 11 is 0. The maximum Gasteiger partial charge on any atom is 0.337 e. The van der Waals surface area contributed by atoms with Crippen molar-refractivity contribution >= 4 is 62.4 Å².